The average Bonchev–Trinajstić information content (AvgIpc) is 3.03. The predicted octanol–water partition coefficient (Wildman–Crippen LogP) is 3.88. The summed E-state index contributed by atoms with van der Waals surface area (Å²) in [5, 5.41) is 9.98. The summed E-state index contributed by atoms with van der Waals surface area (Å²) < 4.78 is 13.3. The van der Waals surface area contributed by atoms with Crippen molar-refractivity contribution in [1.82, 2.24) is 9.47 Å². The summed E-state index contributed by atoms with van der Waals surface area (Å²) in [6, 6.07) is 11.3. The molecule has 0 bridgehead atoms. The number of rotatable bonds is 9. The maximum absolute atomic E-state index is 12.5. The van der Waals surface area contributed by atoms with Crippen LogP contribution in [-0.4, -0.2) is 56.2 Å². The van der Waals surface area contributed by atoms with E-state index in [4.69, 9.17) is 14.7 Å². The van der Waals surface area contributed by atoms with Gasteiger partial charge >= 0.3 is 0 Å². The zero-order valence-corrected chi connectivity index (χ0v) is 18.7. The third-order valence-electron chi connectivity index (χ3n) is 5.22. The first-order chi connectivity index (χ1) is 13.9. The molecule has 0 radical (unpaired) electrons. The van der Waals surface area contributed by atoms with Gasteiger partial charge in [-0.15, -0.1) is 0 Å². The summed E-state index contributed by atoms with van der Waals surface area (Å²) in [6.07, 6.45) is -0.119. The molecule has 0 amide bonds. The number of morpholine rings is 1. The van der Waals surface area contributed by atoms with Gasteiger partial charge in [-0.1, -0.05) is 31.8 Å². The van der Waals surface area contributed by atoms with Crippen LogP contribution in [0.2, 0.25) is 25.7 Å². The highest BCUT2D eigenvalue weighted by atomic mass is 28.3. The molecule has 1 aromatic heterocycles. The Hall–Kier alpha value is -1.98. The van der Waals surface area contributed by atoms with Crippen LogP contribution in [0.15, 0.2) is 24.3 Å². The lowest BCUT2D eigenvalue weighted by atomic mass is 10.1. The molecule has 0 spiro atoms. The Bertz CT molecular complexity index is 889. The van der Waals surface area contributed by atoms with Gasteiger partial charge in [0.05, 0.1) is 30.5 Å². The van der Waals surface area contributed by atoms with Crippen LogP contribution in [0.3, 0.4) is 0 Å². The number of hydrogen-bond acceptors (Lipinski definition) is 5. The fourth-order valence-electron chi connectivity index (χ4n) is 3.48. The van der Waals surface area contributed by atoms with Crippen molar-refractivity contribution in [1.29, 1.82) is 5.26 Å². The van der Waals surface area contributed by atoms with E-state index in [-0.39, 0.29) is 12.2 Å². The normalized spacial score (nSPS) is 15.5. The molecule has 1 aliphatic heterocycles. The lowest BCUT2D eigenvalue weighted by molar-refractivity contribution is 0.0342. The molecule has 0 unspecified atom stereocenters. The molecule has 0 N–H and O–H groups in total. The van der Waals surface area contributed by atoms with Gasteiger partial charge in [0.1, 0.15) is 13.2 Å². The molecular formula is C22H31N3O3Si. The maximum atomic E-state index is 12.5. The van der Waals surface area contributed by atoms with Gasteiger partial charge in [-0.05, 0) is 23.7 Å². The van der Waals surface area contributed by atoms with Crippen molar-refractivity contribution < 1.29 is 14.3 Å². The van der Waals surface area contributed by atoms with Crippen LogP contribution in [0.25, 0.3) is 10.9 Å². The number of fused-ring (bicyclic) bond motifs is 1. The van der Waals surface area contributed by atoms with Gasteiger partial charge in [0.2, 0.25) is 0 Å². The number of nitriles is 1. The Morgan fingerprint density at radius 2 is 2.00 bits per heavy atom. The molecule has 1 fully saturated rings. The van der Waals surface area contributed by atoms with Gasteiger partial charge in [0.15, 0.2) is 5.78 Å². The van der Waals surface area contributed by atoms with Gasteiger partial charge in [0.25, 0.3) is 0 Å². The number of ether oxygens (including phenoxy) is 2. The largest absolute Gasteiger partial charge is 0.379 e. The molecule has 1 saturated heterocycles. The van der Waals surface area contributed by atoms with Crippen LogP contribution in [-0.2, 0) is 22.7 Å². The zero-order valence-electron chi connectivity index (χ0n) is 17.7. The molecule has 6 nitrogen and oxygen atoms in total. The fraction of sp³-hybridized carbons (Fsp3) is 0.545. The summed E-state index contributed by atoms with van der Waals surface area (Å²) >= 11 is 0. The topological polar surface area (TPSA) is 67.5 Å². The quantitative estimate of drug-likeness (QED) is 0.354. The van der Waals surface area contributed by atoms with E-state index < -0.39 is 8.07 Å². The van der Waals surface area contributed by atoms with E-state index >= 15 is 0 Å². The molecule has 156 valence electrons. The third-order valence-corrected chi connectivity index (χ3v) is 6.92. The predicted molar refractivity (Wildman–Crippen MR) is 117 cm³/mol. The van der Waals surface area contributed by atoms with E-state index in [9.17, 15) is 4.79 Å². The molecule has 7 heteroatoms. The van der Waals surface area contributed by atoms with Crippen molar-refractivity contribution in [2.24, 2.45) is 0 Å². The minimum Gasteiger partial charge on any atom is -0.379 e. The molecule has 2 heterocycles. The van der Waals surface area contributed by atoms with Crippen molar-refractivity contribution >= 4 is 24.8 Å². The Morgan fingerprint density at radius 1 is 1.24 bits per heavy atom. The first kappa shape index (κ1) is 21.7. The van der Waals surface area contributed by atoms with E-state index in [2.05, 4.69) is 42.7 Å². The number of aromatic nitrogens is 1. The van der Waals surface area contributed by atoms with Crippen LogP contribution < -0.4 is 0 Å². The summed E-state index contributed by atoms with van der Waals surface area (Å²) in [6.45, 7) is 12.3. The fourth-order valence-corrected chi connectivity index (χ4v) is 4.24. The van der Waals surface area contributed by atoms with Gasteiger partial charge in [0, 0.05) is 39.7 Å². The number of hydrogen-bond donors (Lipinski definition) is 0. The highest BCUT2D eigenvalue weighted by molar-refractivity contribution is 6.76. The van der Waals surface area contributed by atoms with Crippen molar-refractivity contribution in [2.45, 2.75) is 45.4 Å². The standard InChI is InChI=1S/C22H31N3O3Si/c1-29(2,3)13-12-28-17-25-20-14-18(16-24-8-10-27-11-9-24)4-5-19(20)15-21(25)22(26)6-7-23/h4-5,14-15H,6,8-13,16-17H2,1-3H3. The molecule has 0 aliphatic carbocycles. The Kier molecular flexibility index (Phi) is 7.25. The second-order valence-electron chi connectivity index (χ2n) is 8.85. The molecule has 0 saturated carbocycles. The Labute approximate surface area is 174 Å². The van der Waals surface area contributed by atoms with Crippen LogP contribution in [0.5, 0.6) is 0 Å². The smallest absolute Gasteiger partial charge is 0.193 e. The summed E-state index contributed by atoms with van der Waals surface area (Å²) in [5.74, 6) is -0.160. The lowest BCUT2D eigenvalue weighted by Crippen LogP contribution is -2.35. The zero-order chi connectivity index (χ0) is 20.9. The number of carbonyl (C=O) groups excluding carboxylic acids is 1. The maximum Gasteiger partial charge on any atom is 0.193 e. The average molecular weight is 414 g/mol. The number of Topliss-reactive ketones (excluding diaryl/α,β-unsaturated/α-hetero) is 1. The highest BCUT2D eigenvalue weighted by Gasteiger charge is 2.18. The number of nitrogens with zero attached hydrogens (tertiary/aromatic N) is 3. The van der Waals surface area contributed by atoms with Crippen LogP contribution in [0.1, 0.15) is 22.5 Å². The van der Waals surface area contributed by atoms with E-state index in [0.717, 1.165) is 49.8 Å². The second-order valence-corrected chi connectivity index (χ2v) is 14.5. The molecule has 1 aliphatic rings. The summed E-state index contributed by atoms with van der Waals surface area (Å²) in [7, 11) is -1.18. The number of ketones is 1. The van der Waals surface area contributed by atoms with Crippen molar-refractivity contribution in [3.8, 4) is 6.07 Å². The Morgan fingerprint density at radius 3 is 2.69 bits per heavy atom. The van der Waals surface area contributed by atoms with Gasteiger partial charge in [-0.2, -0.15) is 5.26 Å². The molecule has 29 heavy (non-hydrogen) atoms. The van der Waals surface area contributed by atoms with Crippen molar-refractivity contribution in [3.63, 3.8) is 0 Å². The molecule has 1 aromatic carbocycles. The molecule has 3 rings (SSSR count). The van der Waals surface area contributed by atoms with Crippen molar-refractivity contribution in [2.75, 3.05) is 32.9 Å². The van der Waals surface area contributed by atoms with Crippen LogP contribution in [0, 0.1) is 11.3 Å². The summed E-state index contributed by atoms with van der Waals surface area (Å²) in [5.41, 5.74) is 2.75. The van der Waals surface area contributed by atoms with Crippen LogP contribution in [0.4, 0.5) is 0 Å². The van der Waals surface area contributed by atoms with E-state index in [1.54, 1.807) is 0 Å². The van der Waals surface area contributed by atoms with Gasteiger partial charge in [-0.3, -0.25) is 9.69 Å². The minimum atomic E-state index is -1.18. The molecular weight excluding hydrogens is 382 g/mol. The third kappa shape index (κ3) is 6.00. The highest BCUT2D eigenvalue weighted by Crippen LogP contribution is 2.24. The van der Waals surface area contributed by atoms with E-state index in [1.807, 2.05) is 16.7 Å². The van der Waals surface area contributed by atoms with Gasteiger partial charge in [-0.25, -0.2) is 0 Å². The SMILES string of the molecule is C[Si](C)(C)CCOCn1c(C(=O)CC#N)cc2ccc(CN3CCOCC3)cc21. The first-order valence-corrected chi connectivity index (χ1v) is 14.0. The Balaban J connectivity index is 1.83. The van der Waals surface area contributed by atoms with Crippen LogP contribution >= 0.6 is 0 Å². The second kappa shape index (κ2) is 9.68. The molecule has 2 aromatic rings. The minimum absolute atomic E-state index is 0.119. The molecule has 0 atom stereocenters. The summed E-state index contributed by atoms with van der Waals surface area (Å²) in [4.78, 5) is 14.9. The lowest BCUT2D eigenvalue weighted by Gasteiger charge is -2.26. The number of carbonyl (C=O) groups is 1. The van der Waals surface area contributed by atoms with Crippen molar-refractivity contribution in [3.05, 3.63) is 35.5 Å². The van der Waals surface area contributed by atoms with E-state index in [1.165, 1.54) is 5.56 Å². The first-order valence-electron chi connectivity index (χ1n) is 10.3. The monoisotopic (exact) mass is 413 g/mol. The van der Waals surface area contributed by atoms with Gasteiger partial charge < -0.3 is 14.0 Å². The number of benzene rings is 1. The van der Waals surface area contributed by atoms with E-state index in [0.29, 0.717) is 19.0 Å².